The lowest BCUT2D eigenvalue weighted by atomic mass is 10.1. The smallest absolute Gasteiger partial charge is 0.272 e. The van der Waals surface area contributed by atoms with Gasteiger partial charge in [0.05, 0.1) is 30.8 Å². The van der Waals surface area contributed by atoms with Gasteiger partial charge in [-0.1, -0.05) is 17.7 Å². The van der Waals surface area contributed by atoms with Crippen LogP contribution in [0.5, 0.6) is 0 Å². The summed E-state index contributed by atoms with van der Waals surface area (Å²) < 4.78 is 5.35. The molecule has 1 saturated heterocycles. The molecular weight excluding hydrogens is 440 g/mol. The molecule has 1 amide bonds. The standard InChI is InChI=1S/C24H25ClN6O2/c25-22-18(4-3-7-27-22)16-31-9-2-1-5-19-23(31)29-21(15-28-19)17-6-8-26-20(14-17)24(32)30-10-12-33-13-11-30/h3-4,6-8,14-15H,1-2,5,9-13,16H2. The quantitative estimate of drug-likeness (QED) is 0.547. The number of aryl methyl sites for hydroxylation is 1. The van der Waals surface area contributed by atoms with E-state index in [9.17, 15) is 4.79 Å². The third-order valence-corrected chi connectivity index (χ3v) is 6.33. The highest BCUT2D eigenvalue weighted by Gasteiger charge is 2.22. The minimum absolute atomic E-state index is 0.0873. The second-order valence-electron chi connectivity index (χ2n) is 8.19. The monoisotopic (exact) mass is 464 g/mol. The van der Waals surface area contributed by atoms with Crippen LogP contribution in [0.2, 0.25) is 5.15 Å². The topological polar surface area (TPSA) is 84.3 Å². The Bertz CT molecular complexity index is 1150. The Morgan fingerprint density at radius 2 is 1.94 bits per heavy atom. The number of nitrogens with zero attached hydrogens (tertiary/aromatic N) is 6. The van der Waals surface area contributed by atoms with Crippen LogP contribution in [0.15, 0.2) is 42.9 Å². The molecule has 0 atom stereocenters. The van der Waals surface area contributed by atoms with Crippen molar-refractivity contribution < 1.29 is 9.53 Å². The Morgan fingerprint density at radius 1 is 1.06 bits per heavy atom. The van der Waals surface area contributed by atoms with Crippen LogP contribution in [0.25, 0.3) is 11.3 Å². The molecule has 1 fully saturated rings. The van der Waals surface area contributed by atoms with E-state index >= 15 is 0 Å². The van der Waals surface area contributed by atoms with Gasteiger partial charge in [0.25, 0.3) is 5.91 Å². The minimum atomic E-state index is -0.0873. The number of hydrogen-bond acceptors (Lipinski definition) is 7. The summed E-state index contributed by atoms with van der Waals surface area (Å²) in [4.78, 5) is 35.2. The molecule has 0 bridgehead atoms. The predicted octanol–water partition coefficient (Wildman–Crippen LogP) is 3.40. The highest BCUT2D eigenvalue weighted by Crippen LogP contribution is 2.29. The second-order valence-corrected chi connectivity index (χ2v) is 8.55. The zero-order chi connectivity index (χ0) is 22.6. The fraction of sp³-hybridized carbons (Fsp3) is 0.375. The number of halogens is 1. The van der Waals surface area contributed by atoms with Crippen LogP contribution in [-0.2, 0) is 17.7 Å². The highest BCUT2D eigenvalue weighted by atomic mass is 35.5. The molecule has 2 aliphatic rings. The van der Waals surface area contributed by atoms with Crippen LogP contribution >= 0.6 is 11.6 Å². The maximum absolute atomic E-state index is 12.9. The molecule has 2 aliphatic heterocycles. The lowest BCUT2D eigenvalue weighted by Crippen LogP contribution is -2.41. The summed E-state index contributed by atoms with van der Waals surface area (Å²) in [5.41, 5.74) is 3.89. The summed E-state index contributed by atoms with van der Waals surface area (Å²) in [7, 11) is 0. The maximum Gasteiger partial charge on any atom is 0.272 e. The number of rotatable bonds is 4. The number of fused-ring (bicyclic) bond motifs is 1. The van der Waals surface area contributed by atoms with Crippen LogP contribution in [0.4, 0.5) is 5.82 Å². The van der Waals surface area contributed by atoms with Crippen molar-refractivity contribution in [1.82, 2.24) is 24.8 Å². The van der Waals surface area contributed by atoms with Gasteiger partial charge in [0, 0.05) is 49.7 Å². The van der Waals surface area contributed by atoms with E-state index < -0.39 is 0 Å². The van der Waals surface area contributed by atoms with E-state index in [4.69, 9.17) is 26.3 Å². The summed E-state index contributed by atoms with van der Waals surface area (Å²) in [5, 5.41) is 0.507. The normalized spacial score (nSPS) is 16.3. The molecular formula is C24H25ClN6O2. The lowest BCUT2D eigenvalue weighted by molar-refractivity contribution is 0.0299. The van der Waals surface area contributed by atoms with Gasteiger partial charge in [0.15, 0.2) is 5.82 Å². The fourth-order valence-electron chi connectivity index (χ4n) is 4.21. The minimum Gasteiger partial charge on any atom is -0.378 e. The summed E-state index contributed by atoms with van der Waals surface area (Å²) >= 11 is 6.33. The van der Waals surface area contributed by atoms with E-state index in [-0.39, 0.29) is 5.91 Å². The van der Waals surface area contributed by atoms with Gasteiger partial charge in [-0.3, -0.25) is 14.8 Å². The lowest BCUT2D eigenvalue weighted by Gasteiger charge is -2.26. The molecule has 33 heavy (non-hydrogen) atoms. The number of aromatic nitrogens is 4. The molecule has 9 heteroatoms. The summed E-state index contributed by atoms with van der Waals surface area (Å²) in [5.74, 6) is 0.776. The predicted molar refractivity (Wildman–Crippen MR) is 125 cm³/mol. The van der Waals surface area contributed by atoms with E-state index in [0.29, 0.717) is 43.7 Å². The van der Waals surface area contributed by atoms with E-state index in [1.807, 2.05) is 18.2 Å². The number of carbonyl (C=O) groups excluding carboxylic acids is 1. The number of carbonyl (C=O) groups is 1. The maximum atomic E-state index is 12.9. The molecule has 3 aromatic heterocycles. The van der Waals surface area contributed by atoms with Crippen LogP contribution in [-0.4, -0.2) is 63.6 Å². The molecule has 170 valence electrons. The number of pyridine rings is 2. The average molecular weight is 465 g/mol. The largest absolute Gasteiger partial charge is 0.378 e. The van der Waals surface area contributed by atoms with Crippen molar-refractivity contribution in [2.75, 3.05) is 37.7 Å². The van der Waals surface area contributed by atoms with E-state index in [0.717, 1.165) is 54.1 Å². The zero-order valence-corrected chi connectivity index (χ0v) is 19.0. The van der Waals surface area contributed by atoms with Crippen molar-refractivity contribution in [2.24, 2.45) is 0 Å². The van der Waals surface area contributed by atoms with Gasteiger partial charge in [-0.25, -0.2) is 9.97 Å². The molecule has 0 aliphatic carbocycles. The zero-order valence-electron chi connectivity index (χ0n) is 18.3. The third kappa shape index (κ3) is 4.82. The second kappa shape index (κ2) is 9.80. The van der Waals surface area contributed by atoms with Crippen molar-refractivity contribution in [3.63, 3.8) is 0 Å². The number of morpholine rings is 1. The van der Waals surface area contributed by atoms with Gasteiger partial charge >= 0.3 is 0 Å². The Morgan fingerprint density at radius 3 is 2.79 bits per heavy atom. The molecule has 0 unspecified atom stereocenters. The van der Waals surface area contributed by atoms with Gasteiger partial charge in [0.1, 0.15) is 10.8 Å². The first-order valence-corrected chi connectivity index (χ1v) is 11.6. The van der Waals surface area contributed by atoms with Crippen LogP contribution in [0.1, 0.15) is 34.6 Å². The molecule has 3 aromatic rings. The molecule has 0 N–H and O–H groups in total. The molecule has 0 spiro atoms. The van der Waals surface area contributed by atoms with Crippen LogP contribution < -0.4 is 4.90 Å². The van der Waals surface area contributed by atoms with Gasteiger partial charge in [-0.05, 0) is 37.5 Å². The molecule has 0 radical (unpaired) electrons. The first-order chi connectivity index (χ1) is 16.2. The molecule has 0 saturated carbocycles. The Hall–Kier alpha value is -3.10. The van der Waals surface area contributed by atoms with Crippen molar-refractivity contribution >= 4 is 23.3 Å². The van der Waals surface area contributed by atoms with Crippen molar-refractivity contribution in [3.8, 4) is 11.3 Å². The van der Waals surface area contributed by atoms with E-state index in [2.05, 4.69) is 14.9 Å². The molecule has 5 rings (SSSR count). The Labute approximate surface area is 197 Å². The van der Waals surface area contributed by atoms with E-state index in [1.54, 1.807) is 29.6 Å². The average Bonchev–Trinajstić information content (AvgIpc) is 3.07. The van der Waals surface area contributed by atoms with Gasteiger partial charge in [-0.2, -0.15) is 0 Å². The van der Waals surface area contributed by atoms with E-state index in [1.165, 1.54) is 0 Å². The highest BCUT2D eigenvalue weighted by molar-refractivity contribution is 6.30. The van der Waals surface area contributed by atoms with Crippen LogP contribution in [0, 0.1) is 0 Å². The third-order valence-electron chi connectivity index (χ3n) is 5.99. The summed E-state index contributed by atoms with van der Waals surface area (Å²) in [6.07, 6.45) is 8.14. The van der Waals surface area contributed by atoms with Gasteiger partial charge < -0.3 is 14.5 Å². The van der Waals surface area contributed by atoms with Crippen LogP contribution in [0.3, 0.4) is 0 Å². The first-order valence-electron chi connectivity index (χ1n) is 11.2. The van der Waals surface area contributed by atoms with Crippen molar-refractivity contribution in [2.45, 2.75) is 25.8 Å². The molecule has 8 nitrogen and oxygen atoms in total. The van der Waals surface area contributed by atoms with Crippen molar-refractivity contribution in [3.05, 3.63) is 65.0 Å². The first kappa shape index (κ1) is 21.7. The SMILES string of the molecule is O=C(c1cc(-c2cnc3c(n2)N(Cc2cccnc2Cl)CCCC3)ccn1)N1CCOCC1. The summed E-state index contributed by atoms with van der Waals surface area (Å²) in [6, 6.07) is 7.55. The Balaban J connectivity index is 1.45. The number of anilines is 1. The molecule has 5 heterocycles. The van der Waals surface area contributed by atoms with Gasteiger partial charge in [0.2, 0.25) is 0 Å². The number of ether oxygens (including phenoxy) is 1. The number of amides is 1. The number of hydrogen-bond donors (Lipinski definition) is 0. The van der Waals surface area contributed by atoms with Crippen molar-refractivity contribution in [1.29, 1.82) is 0 Å². The Kier molecular flexibility index (Phi) is 6.46. The summed E-state index contributed by atoms with van der Waals surface area (Å²) in [6.45, 7) is 3.75. The fourth-order valence-corrected chi connectivity index (χ4v) is 4.39. The van der Waals surface area contributed by atoms with Gasteiger partial charge in [-0.15, -0.1) is 0 Å². The molecule has 0 aromatic carbocycles.